The molecular weight excluding hydrogens is 232 g/mol. The predicted octanol–water partition coefficient (Wildman–Crippen LogP) is 0.653. The second-order valence-electron chi connectivity index (χ2n) is 3.12. The second kappa shape index (κ2) is 6.57. The molecule has 5 nitrogen and oxygen atoms in total. The fourth-order valence-electron chi connectivity index (χ4n) is 1.08. The van der Waals surface area contributed by atoms with Gasteiger partial charge in [-0.25, -0.2) is 4.79 Å². The third-order valence-corrected chi connectivity index (χ3v) is 3.03. The lowest BCUT2D eigenvalue weighted by Crippen LogP contribution is -2.14. The average Bonchev–Trinajstić information content (AvgIpc) is 2.76. The van der Waals surface area contributed by atoms with Crippen LogP contribution in [0.4, 0.5) is 0 Å². The molecule has 1 heterocycles. The van der Waals surface area contributed by atoms with Crippen molar-refractivity contribution in [3.63, 3.8) is 0 Å². The van der Waals surface area contributed by atoms with Crippen LogP contribution in [0.2, 0.25) is 0 Å². The third-order valence-electron chi connectivity index (χ3n) is 1.90. The van der Waals surface area contributed by atoms with Crippen LogP contribution in [0.25, 0.3) is 0 Å². The van der Waals surface area contributed by atoms with Crippen LogP contribution >= 0.6 is 11.8 Å². The lowest BCUT2D eigenvalue weighted by molar-refractivity contribution is 0.0564. The summed E-state index contributed by atoms with van der Waals surface area (Å²) in [4.78, 5) is 11.2. The molecule has 0 spiro atoms. The Labute approximate surface area is 97.4 Å². The average molecular weight is 246 g/mol. The van der Waals surface area contributed by atoms with Gasteiger partial charge in [-0.05, 0) is 6.07 Å². The minimum absolute atomic E-state index is 0.188. The summed E-state index contributed by atoms with van der Waals surface area (Å²) in [5.41, 5.74) is 0.724. The molecule has 0 saturated carbocycles. The van der Waals surface area contributed by atoms with Gasteiger partial charge in [0.2, 0.25) is 5.76 Å². The maximum Gasteiger partial charge on any atom is 0.374 e. The first-order chi connectivity index (χ1) is 7.69. The number of esters is 1. The normalized spacial score (nSPS) is 12.4. The first-order valence-electron chi connectivity index (χ1n) is 4.70. The van der Waals surface area contributed by atoms with Gasteiger partial charge in [-0.2, -0.15) is 11.8 Å². The molecule has 0 fully saturated rings. The Morgan fingerprint density at radius 3 is 3.06 bits per heavy atom. The lowest BCUT2D eigenvalue weighted by Gasteiger charge is -2.05. The number of carbonyl (C=O) groups excluding carboxylic acids is 1. The van der Waals surface area contributed by atoms with Crippen molar-refractivity contribution in [1.29, 1.82) is 0 Å². The first-order valence-corrected chi connectivity index (χ1v) is 5.85. The molecule has 0 radical (unpaired) electrons. The van der Waals surface area contributed by atoms with Gasteiger partial charge in [0.15, 0.2) is 0 Å². The molecule has 1 aromatic rings. The minimum atomic E-state index is -0.738. The van der Waals surface area contributed by atoms with Gasteiger partial charge in [-0.1, -0.05) is 0 Å². The van der Waals surface area contributed by atoms with E-state index in [1.165, 1.54) is 25.1 Å². The molecule has 16 heavy (non-hydrogen) atoms. The number of carbonyl (C=O) groups is 1. The van der Waals surface area contributed by atoms with E-state index in [9.17, 15) is 4.79 Å². The molecule has 1 aromatic heterocycles. The van der Waals surface area contributed by atoms with Crippen LogP contribution in [0.1, 0.15) is 16.1 Å². The molecule has 6 heteroatoms. The predicted molar refractivity (Wildman–Crippen MR) is 59.3 cm³/mol. The molecule has 0 aromatic carbocycles. The van der Waals surface area contributed by atoms with Crippen molar-refractivity contribution in [2.45, 2.75) is 11.9 Å². The van der Waals surface area contributed by atoms with Crippen LogP contribution in [-0.2, 0) is 10.5 Å². The van der Waals surface area contributed by atoms with E-state index in [1.807, 2.05) is 0 Å². The third kappa shape index (κ3) is 3.55. The highest BCUT2D eigenvalue weighted by Gasteiger charge is 2.15. The topological polar surface area (TPSA) is 79.9 Å². The van der Waals surface area contributed by atoms with E-state index in [0.29, 0.717) is 11.5 Å². The Kier molecular flexibility index (Phi) is 5.37. The first kappa shape index (κ1) is 13.1. The summed E-state index contributed by atoms with van der Waals surface area (Å²) in [6.45, 7) is -0.262. The zero-order valence-electron chi connectivity index (χ0n) is 8.88. The van der Waals surface area contributed by atoms with E-state index >= 15 is 0 Å². The van der Waals surface area contributed by atoms with E-state index in [2.05, 4.69) is 4.74 Å². The maximum absolute atomic E-state index is 11.2. The van der Waals surface area contributed by atoms with Crippen molar-refractivity contribution in [2.75, 3.05) is 19.5 Å². The van der Waals surface area contributed by atoms with E-state index in [1.54, 1.807) is 6.07 Å². The molecule has 0 saturated heterocycles. The van der Waals surface area contributed by atoms with Crippen LogP contribution < -0.4 is 0 Å². The molecule has 0 aliphatic carbocycles. The van der Waals surface area contributed by atoms with Crippen molar-refractivity contribution in [1.82, 2.24) is 0 Å². The van der Waals surface area contributed by atoms with Crippen LogP contribution in [0.15, 0.2) is 16.7 Å². The van der Waals surface area contributed by atoms with Gasteiger partial charge in [0.25, 0.3) is 0 Å². The van der Waals surface area contributed by atoms with Gasteiger partial charge < -0.3 is 19.4 Å². The van der Waals surface area contributed by atoms with Crippen molar-refractivity contribution in [3.05, 3.63) is 23.7 Å². The molecule has 1 unspecified atom stereocenters. The van der Waals surface area contributed by atoms with Gasteiger partial charge in [-0.3, -0.25) is 0 Å². The van der Waals surface area contributed by atoms with Gasteiger partial charge in [-0.15, -0.1) is 0 Å². The summed E-state index contributed by atoms with van der Waals surface area (Å²) in [5.74, 6) is 0.608. The van der Waals surface area contributed by atoms with Crippen molar-refractivity contribution in [3.8, 4) is 0 Å². The Morgan fingerprint density at radius 1 is 1.69 bits per heavy atom. The molecule has 90 valence electrons. The monoisotopic (exact) mass is 246 g/mol. The van der Waals surface area contributed by atoms with E-state index < -0.39 is 12.1 Å². The van der Waals surface area contributed by atoms with Gasteiger partial charge in [0.05, 0.1) is 26.1 Å². The maximum atomic E-state index is 11.2. The van der Waals surface area contributed by atoms with Crippen molar-refractivity contribution < 1.29 is 24.2 Å². The number of hydrogen-bond acceptors (Lipinski definition) is 6. The molecule has 0 bridgehead atoms. The summed E-state index contributed by atoms with van der Waals surface area (Å²) >= 11 is 1.41. The van der Waals surface area contributed by atoms with E-state index in [0.717, 1.165) is 5.56 Å². The van der Waals surface area contributed by atoms with Crippen LogP contribution in [0, 0.1) is 0 Å². The smallest absolute Gasteiger partial charge is 0.374 e. The number of hydrogen-bond donors (Lipinski definition) is 2. The number of aliphatic hydroxyl groups excluding tert-OH is 2. The van der Waals surface area contributed by atoms with Crippen LogP contribution in [0.3, 0.4) is 0 Å². The molecule has 1 atom stereocenters. The minimum Gasteiger partial charge on any atom is -0.463 e. The Balaban J connectivity index is 2.48. The lowest BCUT2D eigenvalue weighted by atomic mass is 10.3. The molecule has 2 N–H and O–H groups in total. The molecule has 1 rings (SSSR count). The van der Waals surface area contributed by atoms with E-state index in [-0.39, 0.29) is 12.4 Å². The number of aliphatic hydroxyl groups is 2. The zero-order chi connectivity index (χ0) is 12.0. The highest BCUT2D eigenvalue weighted by molar-refractivity contribution is 7.98. The quantitative estimate of drug-likeness (QED) is 0.717. The van der Waals surface area contributed by atoms with Gasteiger partial charge in [0.1, 0.15) is 0 Å². The van der Waals surface area contributed by atoms with E-state index in [4.69, 9.17) is 14.6 Å². The summed E-state index contributed by atoms with van der Waals surface area (Å²) < 4.78 is 9.55. The highest BCUT2D eigenvalue weighted by atomic mass is 32.2. The standard InChI is InChI=1S/C10H14O5S/c1-14-10(13)9-7(2-3-15-9)5-16-6-8(12)4-11/h2-3,8,11-12H,4-6H2,1H3. The van der Waals surface area contributed by atoms with Crippen molar-refractivity contribution in [2.24, 2.45) is 0 Å². The van der Waals surface area contributed by atoms with Crippen LogP contribution in [-0.4, -0.2) is 41.8 Å². The zero-order valence-corrected chi connectivity index (χ0v) is 9.70. The largest absolute Gasteiger partial charge is 0.463 e. The fraction of sp³-hybridized carbons (Fsp3) is 0.500. The highest BCUT2D eigenvalue weighted by Crippen LogP contribution is 2.19. The Hall–Kier alpha value is -0.980. The van der Waals surface area contributed by atoms with Crippen molar-refractivity contribution >= 4 is 17.7 Å². The van der Waals surface area contributed by atoms with Gasteiger partial charge in [0, 0.05) is 17.1 Å². The number of methoxy groups -OCH3 is 1. The number of ether oxygens (including phenoxy) is 1. The number of furan rings is 1. The molecule has 0 aliphatic rings. The number of rotatable bonds is 6. The Morgan fingerprint density at radius 2 is 2.44 bits per heavy atom. The summed E-state index contributed by atoms with van der Waals surface area (Å²) in [6.07, 6.45) is 0.684. The van der Waals surface area contributed by atoms with Gasteiger partial charge >= 0.3 is 5.97 Å². The second-order valence-corrected chi connectivity index (χ2v) is 4.15. The number of thioether (sulfide) groups is 1. The molecule has 0 amide bonds. The molecule has 0 aliphatic heterocycles. The summed E-state index contributed by atoms with van der Waals surface area (Å²) in [7, 11) is 1.29. The van der Waals surface area contributed by atoms with Crippen LogP contribution in [0.5, 0.6) is 0 Å². The fourth-order valence-corrected chi connectivity index (χ4v) is 2.02. The SMILES string of the molecule is COC(=O)c1occc1CSCC(O)CO. The summed E-state index contributed by atoms with van der Waals surface area (Å²) in [6, 6.07) is 1.69. The summed E-state index contributed by atoms with van der Waals surface area (Å²) in [5, 5.41) is 17.7. The Bertz CT molecular complexity index is 336. The molecular formula is C10H14O5S.